The summed E-state index contributed by atoms with van der Waals surface area (Å²) in [6.45, 7) is 6.56. The van der Waals surface area contributed by atoms with Crippen molar-refractivity contribution in [1.82, 2.24) is 4.31 Å². The number of nitrogens with zero attached hydrogens (tertiary/aromatic N) is 2. The Bertz CT molecular complexity index is 1330. The van der Waals surface area contributed by atoms with Gasteiger partial charge >= 0.3 is 0 Å². The third-order valence-electron chi connectivity index (χ3n) is 5.16. The van der Waals surface area contributed by atoms with Crippen LogP contribution in [0.5, 0.6) is 17.2 Å². The summed E-state index contributed by atoms with van der Waals surface area (Å²) in [5, 5.41) is 11.9. The third-order valence-corrected chi connectivity index (χ3v) is 7.20. The summed E-state index contributed by atoms with van der Waals surface area (Å²) in [7, 11) is -3.77. The minimum atomic E-state index is -3.77. The molecule has 3 rings (SSSR count). The van der Waals surface area contributed by atoms with Crippen molar-refractivity contribution in [3.8, 4) is 23.3 Å². The molecule has 35 heavy (non-hydrogen) atoms. The molecule has 1 N–H and O–H groups in total. The molecule has 9 heteroatoms. The number of amides is 1. The molecule has 1 amide bonds. The Kier molecular flexibility index (Phi) is 8.47. The summed E-state index contributed by atoms with van der Waals surface area (Å²) in [6.07, 6.45) is 0. The van der Waals surface area contributed by atoms with Crippen LogP contribution in [-0.2, 0) is 10.0 Å². The first-order valence-corrected chi connectivity index (χ1v) is 12.6. The fraction of sp³-hybridized carbons (Fsp3) is 0.231. The smallest absolute Gasteiger partial charge is 0.255 e. The molecule has 0 heterocycles. The van der Waals surface area contributed by atoms with Gasteiger partial charge in [-0.3, -0.25) is 4.79 Å². The summed E-state index contributed by atoms with van der Waals surface area (Å²) in [5.74, 6) is 0.926. The number of nitrogens with one attached hydrogen (secondary N) is 1. The van der Waals surface area contributed by atoms with Crippen molar-refractivity contribution in [3.63, 3.8) is 0 Å². The molecule has 8 nitrogen and oxygen atoms in total. The van der Waals surface area contributed by atoms with Gasteiger partial charge in [0, 0.05) is 18.7 Å². The number of nitriles is 1. The van der Waals surface area contributed by atoms with E-state index in [0.29, 0.717) is 36.8 Å². The fourth-order valence-electron chi connectivity index (χ4n) is 3.39. The van der Waals surface area contributed by atoms with E-state index in [1.165, 1.54) is 28.6 Å². The van der Waals surface area contributed by atoms with Crippen LogP contribution in [0.15, 0.2) is 71.6 Å². The topological polar surface area (TPSA) is 109 Å². The van der Waals surface area contributed by atoms with E-state index in [1.54, 1.807) is 56.3 Å². The number of hydrogen-bond acceptors (Lipinski definition) is 6. The Hall–Kier alpha value is -3.87. The summed E-state index contributed by atoms with van der Waals surface area (Å²) >= 11 is 0. The number of benzene rings is 3. The Labute approximate surface area is 205 Å². The molecule has 3 aromatic carbocycles. The van der Waals surface area contributed by atoms with E-state index < -0.39 is 15.9 Å². The highest BCUT2D eigenvalue weighted by Gasteiger charge is 2.24. The first kappa shape index (κ1) is 25.7. The number of carbonyl (C=O) groups is 1. The highest BCUT2D eigenvalue weighted by Crippen LogP contribution is 2.34. The summed E-state index contributed by atoms with van der Waals surface area (Å²) in [5.41, 5.74) is 0.772. The van der Waals surface area contributed by atoms with Gasteiger partial charge in [0.2, 0.25) is 10.0 Å². The number of anilines is 1. The van der Waals surface area contributed by atoms with E-state index >= 15 is 0 Å². The molecule has 0 aliphatic carbocycles. The maximum atomic E-state index is 13.1. The largest absolute Gasteiger partial charge is 0.494 e. The number of ether oxygens (including phenoxy) is 2. The zero-order chi connectivity index (χ0) is 25.4. The Morgan fingerprint density at radius 3 is 2.29 bits per heavy atom. The zero-order valence-corrected chi connectivity index (χ0v) is 20.6. The van der Waals surface area contributed by atoms with Crippen LogP contribution in [0.1, 0.15) is 36.7 Å². The predicted octanol–water partition coefficient (Wildman–Crippen LogP) is 5.03. The molecule has 3 aromatic rings. The minimum absolute atomic E-state index is 0.0290. The predicted molar refractivity (Wildman–Crippen MR) is 133 cm³/mol. The molecular weight excluding hydrogens is 466 g/mol. The van der Waals surface area contributed by atoms with Gasteiger partial charge in [0.1, 0.15) is 11.5 Å². The zero-order valence-electron chi connectivity index (χ0n) is 19.8. The summed E-state index contributed by atoms with van der Waals surface area (Å²) in [6, 6.07) is 19.5. The van der Waals surface area contributed by atoms with E-state index in [1.807, 2.05) is 13.0 Å². The molecule has 0 aromatic heterocycles. The van der Waals surface area contributed by atoms with Gasteiger partial charge in [-0.05, 0) is 67.6 Å². The molecule has 0 bridgehead atoms. The van der Waals surface area contributed by atoms with Gasteiger partial charge in [-0.25, -0.2) is 8.42 Å². The van der Waals surface area contributed by atoms with E-state index in [0.717, 1.165) is 0 Å². The molecule has 0 unspecified atom stereocenters. The van der Waals surface area contributed by atoms with E-state index in [9.17, 15) is 13.2 Å². The quantitative estimate of drug-likeness (QED) is 0.424. The highest BCUT2D eigenvalue weighted by atomic mass is 32.2. The van der Waals surface area contributed by atoms with Crippen LogP contribution in [0.4, 0.5) is 5.69 Å². The molecule has 0 saturated carbocycles. The molecule has 0 fully saturated rings. The Balaban J connectivity index is 2.00. The SMILES string of the molecule is CCOc1ccc(Oc2ccc(S(=O)(=O)N(CC)CC)cc2NC(=O)c2cccc(C#N)c2)cc1. The van der Waals surface area contributed by atoms with Crippen molar-refractivity contribution < 1.29 is 22.7 Å². The van der Waals surface area contributed by atoms with Crippen LogP contribution in [0, 0.1) is 11.3 Å². The van der Waals surface area contributed by atoms with Gasteiger partial charge in [0.25, 0.3) is 5.91 Å². The average molecular weight is 494 g/mol. The second-order valence-electron chi connectivity index (χ2n) is 7.40. The maximum Gasteiger partial charge on any atom is 0.255 e. The number of rotatable bonds is 10. The molecule has 0 atom stereocenters. The number of carbonyl (C=O) groups excluding carboxylic acids is 1. The molecule has 182 valence electrons. The van der Waals surface area contributed by atoms with Gasteiger partial charge in [0.15, 0.2) is 5.75 Å². The second-order valence-corrected chi connectivity index (χ2v) is 9.34. The van der Waals surface area contributed by atoms with Crippen LogP contribution in [-0.4, -0.2) is 38.3 Å². The van der Waals surface area contributed by atoms with Crippen molar-refractivity contribution >= 4 is 21.6 Å². The average Bonchev–Trinajstić information content (AvgIpc) is 2.87. The van der Waals surface area contributed by atoms with Crippen molar-refractivity contribution in [2.24, 2.45) is 0 Å². The maximum absolute atomic E-state index is 13.1. The molecule has 0 spiro atoms. The third kappa shape index (κ3) is 6.18. The Morgan fingerprint density at radius 2 is 1.66 bits per heavy atom. The molecule has 0 aliphatic rings. The normalized spacial score (nSPS) is 11.1. The van der Waals surface area contributed by atoms with Crippen molar-refractivity contribution in [3.05, 3.63) is 77.9 Å². The van der Waals surface area contributed by atoms with Crippen LogP contribution >= 0.6 is 0 Å². The van der Waals surface area contributed by atoms with Crippen molar-refractivity contribution in [2.75, 3.05) is 25.0 Å². The van der Waals surface area contributed by atoms with Crippen LogP contribution in [0.2, 0.25) is 0 Å². The van der Waals surface area contributed by atoms with Gasteiger partial charge in [-0.1, -0.05) is 19.9 Å². The fourth-order valence-corrected chi connectivity index (χ4v) is 4.88. The summed E-state index contributed by atoms with van der Waals surface area (Å²) < 4.78 is 38.9. The molecule has 0 radical (unpaired) electrons. The van der Waals surface area contributed by atoms with Gasteiger partial charge in [-0.15, -0.1) is 0 Å². The van der Waals surface area contributed by atoms with E-state index in [4.69, 9.17) is 14.7 Å². The first-order chi connectivity index (χ1) is 16.8. The standard InChI is InChI=1S/C26H27N3O5S/c1-4-29(5-2)35(31,32)23-14-15-25(34-22-12-10-21(11-13-22)33-6-3)24(17-23)28-26(30)20-9-7-8-19(16-20)18-27/h7-17H,4-6H2,1-3H3,(H,28,30). The van der Waals surface area contributed by atoms with Crippen LogP contribution in [0.25, 0.3) is 0 Å². The molecule has 0 aliphatic heterocycles. The molecule has 0 saturated heterocycles. The lowest BCUT2D eigenvalue weighted by molar-refractivity contribution is 0.102. The van der Waals surface area contributed by atoms with Gasteiger partial charge < -0.3 is 14.8 Å². The van der Waals surface area contributed by atoms with E-state index in [-0.39, 0.29) is 21.9 Å². The summed E-state index contributed by atoms with van der Waals surface area (Å²) in [4.78, 5) is 13.0. The van der Waals surface area contributed by atoms with Crippen LogP contribution in [0.3, 0.4) is 0 Å². The van der Waals surface area contributed by atoms with Crippen LogP contribution < -0.4 is 14.8 Å². The minimum Gasteiger partial charge on any atom is -0.494 e. The highest BCUT2D eigenvalue weighted by molar-refractivity contribution is 7.89. The molecular formula is C26H27N3O5S. The lowest BCUT2D eigenvalue weighted by atomic mass is 10.1. The van der Waals surface area contributed by atoms with Gasteiger partial charge in [0.05, 0.1) is 28.8 Å². The number of sulfonamides is 1. The lowest BCUT2D eigenvalue weighted by Gasteiger charge is -2.20. The van der Waals surface area contributed by atoms with Crippen molar-refractivity contribution in [1.29, 1.82) is 5.26 Å². The monoisotopic (exact) mass is 493 g/mol. The first-order valence-electron chi connectivity index (χ1n) is 11.2. The van der Waals surface area contributed by atoms with Crippen molar-refractivity contribution in [2.45, 2.75) is 25.7 Å². The van der Waals surface area contributed by atoms with Gasteiger partial charge in [-0.2, -0.15) is 9.57 Å². The number of hydrogen-bond donors (Lipinski definition) is 1. The van der Waals surface area contributed by atoms with E-state index in [2.05, 4.69) is 5.32 Å². The second kappa shape index (κ2) is 11.5. The Morgan fingerprint density at radius 1 is 0.971 bits per heavy atom. The lowest BCUT2D eigenvalue weighted by Crippen LogP contribution is -2.30.